The highest BCUT2D eigenvalue weighted by atomic mass is 16.5. The van der Waals surface area contributed by atoms with E-state index in [0.29, 0.717) is 0 Å². The number of anilines is 2. The fourth-order valence-electron chi connectivity index (χ4n) is 2.43. The number of para-hydroxylation sites is 2. The second-order valence-electron chi connectivity index (χ2n) is 6.68. The number of hydrogen-bond donors (Lipinski definition) is 2. The van der Waals surface area contributed by atoms with E-state index in [1.54, 1.807) is 0 Å². The molecule has 0 saturated carbocycles. The molecule has 1 amide bonds. The average molecular weight is 306 g/mol. The van der Waals surface area contributed by atoms with Crippen molar-refractivity contribution >= 4 is 17.3 Å². The molecule has 1 aliphatic heterocycles. The first-order valence-electron chi connectivity index (χ1n) is 7.81. The molecule has 0 radical (unpaired) electrons. The van der Waals surface area contributed by atoms with Gasteiger partial charge < -0.3 is 20.1 Å². The highest BCUT2D eigenvalue weighted by Crippen LogP contribution is 2.28. The largest absolute Gasteiger partial charge is 0.393 e. The maximum atomic E-state index is 12.1. The van der Waals surface area contributed by atoms with E-state index in [4.69, 9.17) is 4.74 Å². The Balaban J connectivity index is 2.00. The van der Waals surface area contributed by atoms with Gasteiger partial charge in [0.25, 0.3) is 0 Å². The van der Waals surface area contributed by atoms with Crippen molar-refractivity contribution in [2.45, 2.75) is 45.3 Å². The third kappa shape index (κ3) is 5.00. The topological polar surface area (TPSA) is 61.8 Å². The molecule has 1 heterocycles. The monoisotopic (exact) mass is 306 g/mol. The van der Waals surface area contributed by atoms with Crippen LogP contribution in [0, 0.1) is 0 Å². The molecule has 1 fully saturated rings. The van der Waals surface area contributed by atoms with Gasteiger partial charge in [-0.25, -0.2) is 0 Å². The lowest BCUT2D eigenvalue weighted by atomic mass is 10.1. The quantitative estimate of drug-likeness (QED) is 0.897. The lowest BCUT2D eigenvalue weighted by Crippen LogP contribution is -2.36. The summed E-state index contributed by atoms with van der Waals surface area (Å²) in [6.45, 7) is 7.41. The lowest BCUT2D eigenvalue weighted by Gasteiger charge is -2.32. The van der Waals surface area contributed by atoms with Gasteiger partial charge in [0.2, 0.25) is 5.91 Å². The second kappa shape index (κ2) is 7.11. The molecule has 122 valence electrons. The summed E-state index contributed by atoms with van der Waals surface area (Å²) in [4.78, 5) is 14.3. The van der Waals surface area contributed by atoms with Crippen LogP contribution in [0.4, 0.5) is 11.4 Å². The second-order valence-corrected chi connectivity index (χ2v) is 6.68. The number of rotatable bonds is 4. The first-order chi connectivity index (χ1) is 10.3. The van der Waals surface area contributed by atoms with Crippen LogP contribution in [0.1, 0.15) is 33.6 Å². The minimum Gasteiger partial charge on any atom is -0.393 e. The van der Waals surface area contributed by atoms with E-state index in [1.807, 2.05) is 45.0 Å². The molecule has 0 spiro atoms. The van der Waals surface area contributed by atoms with Crippen LogP contribution in [-0.2, 0) is 9.53 Å². The van der Waals surface area contributed by atoms with Crippen molar-refractivity contribution in [3.63, 3.8) is 0 Å². The summed E-state index contributed by atoms with van der Waals surface area (Å²) in [5.41, 5.74) is 1.46. The molecule has 1 aromatic carbocycles. The van der Waals surface area contributed by atoms with Gasteiger partial charge in [-0.1, -0.05) is 12.1 Å². The molecule has 1 saturated heterocycles. The van der Waals surface area contributed by atoms with Crippen LogP contribution in [0.15, 0.2) is 24.3 Å². The fraction of sp³-hybridized carbons (Fsp3) is 0.588. The Morgan fingerprint density at radius 1 is 1.32 bits per heavy atom. The van der Waals surface area contributed by atoms with E-state index in [2.05, 4.69) is 10.2 Å². The van der Waals surface area contributed by atoms with Gasteiger partial charge in [0.05, 0.1) is 23.1 Å². The molecule has 1 aliphatic rings. The number of ether oxygens (including phenoxy) is 1. The Morgan fingerprint density at radius 2 is 1.95 bits per heavy atom. The zero-order valence-corrected chi connectivity index (χ0v) is 13.6. The third-order valence-electron chi connectivity index (χ3n) is 3.62. The van der Waals surface area contributed by atoms with Crippen LogP contribution in [0.3, 0.4) is 0 Å². The van der Waals surface area contributed by atoms with Crippen LogP contribution in [-0.4, -0.2) is 42.4 Å². The van der Waals surface area contributed by atoms with Gasteiger partial charge in [0, 0.05) is 13.1 Å². The summed E-state index contributed by atoms with van der Waals surface area (Å²) in [5, 5.41) is 12.5. The smallest absolute Gasteiger partial charge is 0.250 e. The molecule has 22 heavy (non-hydrogen) atoms. The Kier molecular flexibility index (Phi) is 5.42. The maximum Gasteiger partial charge on any atom is 0.250 e. The van der Waals surface area contributed by atoms with Crippen LogP contribution in [0.2, 0.25) is 0 Å². The molecule has 5 heteroatoms. The number of carbonyl (C=O) groups is 1. The van der Waals surface area contributed by atoms with Gasteiger partial charge in [-0.05, 0) is 45.7 Å². The van der Waals surface area contributed by atoms with Gasteiger partial charge in [-0.2, -0.15) is 0 Å². The van der Waals surface area contributed by atoms with E-state index in [1.165, 1.54) is 0 Å². The Morgan fingerprint density at radius 3 is 2.59 bits per heavy atom. The van der Waals surface area contributed by atoms with Crippen LogP contribution < -0.4 is 10.2 Å². The first-order valence-corrected chi connectivity index (χ1v) is 7.81. The number of aliphatic hydroxyl groups excluding tert-OH is 1. The number of aliphatic hydroxyl groups is 1. The van der Waals surface area contributed by atoms with Crippen molar-refractivity contribution in [3.05, 3.63) is 24.3 Å². The molecule has 0 atom stereocenters. The summed E-state index contributed by atoms with van der Waals surface area (Å²) in [6, 6.07) is 7.76. The van der Waals surface area contributed by atoms with E-state index in [-0.39, 0.29) is 24.2 Å². The lowest BCUT2D eigenvalue weighted by molar-refractivity contribution is -0.125. The minimum atomic E-state index is -0.333. The van der Waals surface area contributed by atoms with Crippen molar-refractivity contribution in [1.29, 1.82) is 0 Å². The number of nitrogens with one attached hydrogen (secondary N) is 1. The van der Waals surface area contributed by atoms with Gasteiger partial charge >= 0.3 is 0 Å². The van der Waals surface area contributed by atoms with E-state index >= 15 is 0 Å². The van der Waals surface area contributed by atoms with Crippen molar-refractivity contribution < 1.29 is 14.6 Å². The number of carbonyl (C=O) groups excluding carboxylic acids is 1. The van der Waals surface area contributed by atoms with Crippen LogP contribution in [0.25, 0.3) is 0 Å². The molecular weight excluding hydrogens is 280 g/mol. The summed E-state index contributed by atoms with van der Waals surface area (Å²) in [7, 11) is 0. The zero-order chi connectivity index (χ0) is 16.2. The SMILES string of the molecule is CC(C)(C)OCC(=O)Nc1ccccc1N1CCC(O)CC1. The normalized spacial score (nSPS) is 16.6. The molecule has 0 unspecified atom stereocenters. The van der Waals surface area contributed by atoms with Gasteiger partial charge in [-0.3, -0.25) is 4.79 Å². The third-order valence-corrected chi connectivity index (χ3v) is 3.62. The average Bonchev–Trinajstić information content (AvgIpc) is 2.46. The van der Waals surface area contributed by atoms with Crippen LogP contribution >= 0.6 is 0 Å². The van der Waals surface area contributed by atoms with E-state index < -0.39 is 0 Å². The first kappa shape index (κ1) is 16.8. The van der Waals surface area contributed by atoms with Crippen molar-refractivity contribution in [2.24, 2.45) is 0 Å². The molecule has 2 rings (SSSR count). The number of nitrogens with zero attached hydrogens (tertiary/aromatic N) is 1. The Bertz CT molecular complexity index is 503. The molecule has 0 bridgehead atoms. The van der Waals surface area contributed by atoms with Crippen molar-refractivity contribution in [3.8, 4) is 0 Å². The molecule has 1 aromatic rings. The summed E-state index contributed by atoms with van der Waals surface area (Å²) >= 11 is 0. The fourth-order valence-corrected chi connectivity index (χ4v) is 2.43. The van der Waals surface area contributed by atoms with Crippen LogP contribution in [0.5, 0.6) is 0 Å². The van der Waals surface area contributed by atoms with Gasteiger partial charge in [0.1, 0.15) is 6.61 Å². The van der Waals surface area contributed by atoms with Gasteiger partial charge in [0.15, 0.2) is 0 Å². The molecule has 0 aliphatic carbocycles. The summed E-state index contributed by atoms with van der Waals surface area (Å²) in [6.07, 6.45) is 1.31. The highest BCUT2D eigenvalue weighted by molar-refractivity contribution is 5.95. The molecular formula is C17H26N2O3. The predicted molar refractivity (Wildman–Crippen MR) is 88.2 cm³/mol. The summed E-state index contributed by atoms with van der Waals surface area (Å²) < 4.78 is 5.50. The van der Waals surface area contributed by atoms with Crippen molar-refractivity contribution in [2.75, 3.05) is 29.9 Å². The maximum absolute atomic E-state index is 12.1. The number of benzene rings is 1. The standard InChI is InChI=1S/C17H26N2O3/c1-17(2,3)22-12-16(21)18-14-6-4-5-7-15(14)19-10-8-13(20)9-11-19/h4-7,13,20H,8-12H2,1-3H3,(H,18,21). The highest BCUT2D eigenvalue weighted by Gasteiger charge is 2.20. The minimum absolute atomic E-state index is 0.0382. The van der Waals surface area contributed by atoms with E-state index in [9.17, 15) is 9.90 Å². The number of hydrogen-bond acceptors (Lipinski definition) is 4. The van der Waals surface area contributed by atoms with Gasteiger partial charge in [-0.15, -0.1) is 0 Å². The molecule has 5 nitrogen and oxygen atoms in total. The number of piperidine rings is 1. The summed E-state index contributed by atoms with van der Waals surface area (Å²) in [5.74, 6) is -0.153. The van der Waals surface area contributed by atoms with E-state index in [0.717, 1.165) is 37.3 Å². The van der Waals surface area contributed by atoms with Crippen molar-refractivity contribution in [1.82, 2.24) is 0 Å². The molecule has 2 N–H and O–H groups in total. The molecule has 0 aromatic heterocycles. The number of amides is 1. The Hall–Kier alpha value is -1.59. The zero-order valence-electron chi connectivity index (χ0n) is 13.6. The Labute approximate surface area is 132 Å². The predicted octanol–water partition coefficient (Wildman–Crippen LogP) is 2.40.